The number of rotatable bonds is 2. The van der Waals surface area contributed by atoms with E-state index in [1.165, 1.54) is 6.07 Å². The van der Waals surface area contributed by atoms with E-state index in [1.807, 2.05) is 0 Å². The second-order valence-electron chi connectivity index (χ2n) is 3.30. The number of pyridine rings is 1. The lowest BCUT2D eigenvalue weighted by Crippen LogP contribution is -2.23. The Bertz CT molecular complexity index is 420. The van der Waals surface area contributed by atoms with Crippen molar-refractivity contribution in [2.75, 3.05) is 5.32 Å². The highest BCUT2D eigenvalue weighted by Crippen LogP contribution is 2.33. The van der Waals surface area contributed by atoms with E-state index in [-0.39, 0.29) is 17.3 Å². The largest absolute Gasteiger partial charge is 0.465 e. The highest BCUT2D eigenvalue weighted by molar-refractivity contribution is 5.82. The van der Waals surface area contributed by atoms with Gasteiger partial charge in [0.2, 0.25) is 0 Å². The van der Waals surface area contributed by atoms with E-state index in [0.717, 1.165) is 12.8 Å². The van der Waals surface area contributed by atoms with Crippen LogP contribution in [-0.2, 0) is 0 Å². The second-order valence-corrected chi connectivity index (χ2v) is 3.30. The first kappa shape index (κ1) is 8.80. The molecule has 0 saturated heterocycles. The minimum Gasteiger partial charge on any atom is -0.465 e. The molecule has 0 unspecified atom stereocenters. The molecule has 1 aliphatic carbocycles. The Kier molecular flexibility index (Phi) is 1.99. The van der Waals surface area contributed by atoms with Crippen molar-refractivity contribution < 1.29 is 9.90 Å². The first-order valence-electron chi connectivity index (χ1n) is 4.39. The summed E-state index contributed by atoms with van der Waals surface area (Å²) in [5.41, 5.74) is -0.149. The lowest BCUT2D eigenvalue weighted by molar-refractivity contribution is 0.209. The summed E-state index contributed by atoms with van der Waals surface area (Å²) >= 11 is 0. The van der Waals surface area contributed by atoms with Crippen LogP contribution in [0.4, 0.5) is 10.5 Å². The molecule has 0 spiro atoms. The number of carbonyl (C=O) groups is 1. The Morgan fingerprint density at radius 1 is 1.57 bits per heavy atom. The molecule has 1 aliphatic rings. The van der Waals surface area contributed by atoms with Crippen LogP contribution in [-0.4, -0.2) is 15.8 Å². The van der Waals surface area contributed by atoms with Crippen LogP contribution in [0.2, 0.25) is 0 Å². The van der Waals surface area contributed by atoms with Crippen LogP contribution in [0, 0.1) is 0 Å². The van der Waals surface area contributed by atoms with Crippen LogP contribution in [0.15, 0.2) is 23.1 Å². The van der Waals surface area contributed by atoms with Crippen molar-refractivity contribution in [3.05, 3.63) is 28.7 Å². The van der Waals surface area contributed by atoms with E-state index in [4.69, 9.17) is 5.11 Å². The third-order valence-electron chi connectivity index (χ3n) is 2.16. The van der Waals surface area contributed by atoms with Gasteiger partial charge in [-0.1, -0.05) is 0 Å². The van der Waals surface area contributed by atoms with Crippen molar-refractivity contribution in [1.29, 1.82) is 0 Å². The van der Waals surface area contributed by atoms with Gasteiger partial charge in [-0.25, -0.2) is 4.79 Å². The molecule has 14 heavy (non-hydrogen) atoms. The fourth-order valence-electron chi connectivity index (χ4n) is 1.36. The molecule has 5 nitrogen and oxygen atoms in total. The first-order chi connectivity index (χ1) is 6.68. The van der Waals surface area contributed by atoms with E-state index in [9.17, 15) is 9.59 Å². The minimum atomic E-state index is -1.21. The molecule has 2 N–H and O–H groups in total. The van der Waals surface area contributed by atoms with Crippen LogP contribution >= 0.6 is 0 Å². The number of carboxylic acid groups (broad SMARTS) is 1. The van der Waals surface area contributed by atoms with Crippen molar-refractivity contribution in [3.8, 4) is 0 Å². The van der Waals surface area contributed by atoms with Crippen molar-refractivity contribution in [2.24, 2.45) is 0 Å². The van der Waals surface area contributed by atoms with Gasteiger partial charge in [0.25, 0.3) is 5.56 Å². The van der Waals surface area contributed by atoms with Crippen LogP contribution in [0.1, 0.15) is 18.9 Å². The maximum atomic E-state index is 11.6. The SMILES string of the molecule is O=C(O)Nc1cccn(C2CC2)c1=O. The molecule has 1 aromatic rings. The summed E-state index contributed by atoms with van der Waals surface area (Å²) < 4.78 is 1.57. The predicted octanol–water partition coefficient (Wildman–Crippen LogP) is 1.27. The summed E-state index contributed by atoms with van der Waals surface area (Å²) in [5, 5.41) is 10.6. The molecule has 1 heterocycles. The molecule has 0 bridgehead atoms. The van der Waals surface area contributed by atoms with Gasteiger partial charge in [-0.05, 0) is 25.0 Å². The van der Waals surface area contributed by atoms with E-state index < -0.39 is 6.09 Å². The van der Waals surface area contributed by atoms with Crippen LogP contribution in [0.3, 0.4) is 0 Å². The van der Waals surface area contributed by atoms with Gasteiger partial charge in [0.05, 0.1) is 0 Å². The molecular weight excluding hydrogens is 184 g/mol. The van der Waals surface area contributed by atoms with Gasteiger partial charge in [-0.3, -0.25) is 10.1 Å². The third kappa shape index (κ3) is 1.61. The molecule has 0 aliphatic heterocycles. The summed E-state index contributed by atoms with van der Waals surface area (Å²) in [4.78, 5) is 22.0. The summed E-state index contributed by atoms with van der Waals surface area (Å²) in [5.74, 6) is 0. The van der Waals surface area contributed by atoms with Gasteiger partial charge in [0, 0.05) is 12.2 Å². The molecule has 2 rings (SSSR count). The first-order valence-corrected chi connectivity index (χ1v) is 4.39. The lowest BCUT2D eigenvalue weighted by atomic mass is 10.4. The van der Waals surface area contributed by atoms with Gasteiger partial charge in [-0.2, -0.15) is 0 Å². The number of nitrogens with zero attached hydrogens (tertiary/aromatic N) is 1. The summed E-state index contributed by atoms with van der Waals surface area (Å²) in [6.07, 6.45) is 2.47. The number of aromatic nitrogens is 1. The number of nitrogens with one attached hydrogen (secondary N) is 1. The Labute approximate surface area is 80.0 Å². The Morgan fingerprint density at radius 3 is 2.86 bits per heavy atom. The fourth-order valence-corrected chi connectivity index (χ4v) is 1.36. The number of hydrogen-bond donors (Lipinski definition) is 2. The lowest BCUT2D eigenvalue weighted by Gasteiger charge is -2.05. The van der Waals surface area contributed by atoms with Gasteiger partial charge >= 0.3 is 6.09 Å². The van der Waals surface area contributed by atoms with E-state index >= 15 is 0 Å². The Balaban J connectivity index is 2.36. The zero-order chi connectivity index (χ0) is 10.1. The zero-order valence-corrected chi connectivity index (χ0v) is 7.43. The van der Waals surface area contributed by atoms with Crippen molar-refractivity contribution in [3.63, 3.8) is 0 Å². The maximum absolute atomic E-state index is 11.6. The fraction of sp³-hybridized carbons (Fsp3) is 0.333. The Morgan fingerprint density at radius 2 is 2.29 bits per heavy atom. The maximum Gasteiger partial charge on any atom is 0.409 e. The molecule has 1 amide bonds. The number of hydrogen-bond acceptors (Lipinski definition) is 2. The molecule has 0 atom stereocenters. The summed E-state index contributed by atoms with van der Waals surface area (Å²) in [6.45, 7) is 0. The predicted molar refractivity (Wildman–Crippen MR) is 50.6 cm³/mol. The van der Waals surface area contributed by atoms with Crippen LogP contribution < -0.4 is 10.9 Å². The summed E-state index contributed by atoms with van der Waals surface area (Å²) in [7, 11) is 0. The minimum absolute atomic E-state index is 0.118. The van der Waals surface area contributed by atoms with Gasteiger partial charge in [0.15, 0.2) is 0 Å². The number of anilines is 1. The molecule has 0 aromatic carbocycles. The molecule has 1 fully saturated rings. The quantitative estimate of drug-likeness (QED) is 0.744. The highest BCUT2D eigenvalue weighted by Gasteiger charge is 2.24. The summed E-state index contributed by atoms with van der Waals surface area (Å²) in [6, 6.07) is 3.40. The average Bonchev–Trinajstić information content (AvgIpc) is 2.91. The standard InChI is InChI=1S/C9H10N2O3/c12-8-7(10-9(13)14)2-1-5-11(8)6-3-4-6/h1-2,5-6,10H,3-4H2,(H,13,14). The number of amides is 1. The van der Waals surface area contributed by atoms with Gasteiger partial charge in [-0.15, -0.1) is 0 Å². The van der Waals surface area contributed by atoms with Crippen LogP contribution in [0.25, 0.3) is 0 Å². The van der Waals surface area contributed by atoms with E-state index in [1.54, 1.807) is 16.8 Å². The molecule has 5 heteroatoms. The second kappa shape index (κ2) is 3.17. The Hall–Kier alpha value is -1.78. The van der Waals surface area contributed by atoms with Crippen LogP contribution in [0.5, 0.6) is 0 Å². The monoisotopic (exact) mass is 194 g/mol. The van der Waals surface area contributed by atoms with Gasteiger partial charge in [0.1, 0.15) is 5.69 Å². The molecule has 1 aromatic heterocycles. The van der Waals surface area contributed by atoms with Crippen molar-refractivity contribution in [2.45, 2.75) is 18.9 Å². The molecule has 0 radical (unpaired) electrons. The third-order valence-corrected chi connectivity index (χ3v) is 2.16. The molecular formula is C9H10N2O3. The topological polar surface area (TPSA) is 71.3 Å². The smallest absolute Gasteiger partial charge is 0.409 e. The molecule has 1 saturated carbocycles. The van der Waals surface area contributed by atoms with Crippen molar-refractivity contribution in [1.82, 2.24) is 4.57 Å². The normalized spacial score (nSPS) is 15.1. The van der Waals surface area contributed by atoms with E-state index in [0.29, 0.717) is 0 Å². The zero-order valence-electron chi connectivity index (χ0n) is 7.43. The average molecular weight is 194 g/mol. The highest BCUT2D eigenvalue weighted by atomic mass is 16.4. The van der Waals surface area contributed by atoms with Gasteiger partial charge < -0.3 is 9.67 Å². The molecule has 74 valence electrons. The van der Waals surface area contributed by atoms with E-state index in [2.05, 4.69) is 5.32 Å². The van der Waals surface area contributed by atoms with Crippen molar-refractivity contribution >= 4 is 11.8 Å².